The van der Waals surface area contributed by atoms with Gasteiger partial charge in [-0.1, -0.05) is 35.4 Å². The number of benzene rings is 3. The van der Waals surface area contributed by atoms with Crippen molar-refractivity contribution in [2.75, 3.05) is 19.5 Å². The topological polar surface area (TPSA) is 60.5 Å². The minimum Gasteiger partial charge on any atom is -0.497 e. The van der Waals surface area contributed by atoms with E-state index in [0.29, 0.717) is 27.8 Å². The lowest BCUT2D eigenvalue weighted by Gasteiger charge is -2.17. The molecule has 1 aromatic heterocycles. The molecule has 0 unspecified atom stereocenters. The Balaban J connectivity index is 1.91. The number of rotatable bonds is 5. The Morgan fingerprint density at radius 3 is 2.33 bits per heavy atom. The highest BCUT2D eigenvalue weighted by Gasteiger charge is 2.21. The number of pyridine rings is 1. The molecule has 0 aliphatic rings. The lowest BCUT2D eigenvalue weighted by molar-refractivity contribution is 0.102. The molecule has 0 saturated heterocycles. The predicted molar refractivity (Wildman–Crippen MR) is 134 cm³/mol. The Kier molecular flexibility index (Phi) is 6.25. The van der Waals surface area contributed by atoms with Crippen molar-refractivity contribution in [2.45, 2.75) is 20.8 Å². The van der Waals surface area contributed by atoms with Crippen LogP contribution < -0.4 is 14.8 Å². The van der Waals surface area contributed by atoms with Crippen LogP contribution in [0.15, 0.2) is 54.6 Å². The van der Waals surface area contributed by atoms with Crippen LogP contribution in [0.4, 0.5) is 5.69 Å². The zero-order valence-electron chi connectivity index (χ0n) is 19.2. The van der Waals surface area contributed by atoms with E-state index in [1.165, 1.54) is 0 Å². The van der Waals surface area contributed by atoms with Crippen LogP contribution in [0, 0.1) is 20.8 Å². The molecule has 0 spiro atoms. The third-order valence-corrected chi connectivity index (χ3v) is 5.92. The predicted octanol–water partition coefficient (Wildman–Crippen LogP) is 6.75. The molecule has 6 heteroatoms. The van der Waals surface area contributed by atoms with Gasteiger partial charge in [-0.15, -0.1) is 0 Å². The number of ether oxygens (including phenoxy) is 2. The molecule has 0 aliphatic heterocycles. The van der Waals surface area contributed by atoms with Crippen molar-refractivity contribution in [1.29, 1.82) is 0 Å². The molecule has 4 rings (SSSR count). The van der Waals surface area contributed by atoms with Crippen LogP contribution in [0.1, 0.15) is 27.0 Å². The van der Waals surface area contributed by atoms with Gasteiger partial charge in [-0.3, -0.25) is 4.79 Å². The second kappa shape index (κ2) is 9.12. The molecule has 1 N–H and O–H groups in total. The average molecular weight is 461 g/mol. The lowest BCUT2D eigenvalue weighted by Crippen LogP contribution is -2.16. The van der Waals surface area contributed by atoms with E-state index in [0.717, 1.165) is 38.9 Å². The van der Waals surface area contributed by atoms with Gasteiger partial charge in [0.25, 0.3) is 5.91 Å². The number of carbonyl (C=O) groups excluding carboxylic acids is 1. The molecule has 0 aliphatic carbocycles. The largest absolute Gasteiger partial charge is 0.497 e. The number of fused-ring (bicyclic) bond motifs is 1. The molecule has 3 aromatic carbocycles. The van der Waals surface area contributed by atoms with E-state index in [9.17, 15) is 4.79 Å². The van der Waals surface area contributed by atoms with Crippen LogP contribution >= 0.6 is 11.6 Å². The summed E-state index contributed by atoms with van der Waals surface area (Å²) in [5, 5.41) is 4.48. The summed E-state index contributed by atoms with van der Waals surface area (Å²) in [5.74, 6) is 0.930. The van der Waals surface area contributed by atoms with Gasteiger partial charge in [0.1, 0.15) is 11.5 Å². The Labute approximate surface area is 198 Å². The van der Waals surface area contributed by atoms with Crippen molar-refractivity contribution in [1.82, 2.24) is 4.98 Å². The fraction of sp³-hybridized carbons (Fsp3) is 0.185. The van der Waals surface area contributed by atoms with Crippen molar-refractivity contribution in [3.05, 3.63) is 81.9 Å². The van der Waals surface area contributed by atoms with E-state index in [1.807, 2.05) is 51.1 Å². The molecular weight excluding hydrogens is 436 g/mol. The molecule has 0 bridgehead atoms. The number of nitrogens with zero attached hydrogens (tertiary/aromatic N) is 1. The number of aryl methyl sites for hydroxylation is 2. The molecular formula is C27H25ClN2O3. The summed E-state index contributed by atoms with van der Waals surface area (Å²) in [4.78, 5) is 18.6. The molecule has 1 amide bonds. The van der Waals surface area contributed by atoms with Gasteiger partial charge in [0.2, 0.25) is 0 Å². The first-order valence-corrected chi connectivity index (χ1v) is 10.9. The zero-order valence-corrected chi connectivity index (χ0v) is 20.0. The third-order valence-electron chi connectivity index (χ3n) is 5.67. The van der Waals surface area contributed by atoms with E-state index >= 15 is 0 Å². The quantitative estimate of drug-likeness (QED) is 0.358. The van der Waals surface area contributed by atoms with E-state index in [4.69, 9.17) is 26.1 Å². The van der Waals surface area contributed by atoms with Crippen LogP contribution in [0.25, 0.3) is 22.2 Å². The monoisotopic (exact) mass is 460 g/mol. The molecule has 0 radical (unpaired) electrons. The van der Waals surface area contributed by atoms with Crippen LogP contribution in [0.3, 0.4) is 0 Å². The fourth-order valence-electron chi connectivity index (χ4n) is 4.08. The molecule has 0 fully saturated rings. The number of anilines is 1. The van der Waals surface area contributed by atoms with Crippen molar-refractivity contribution < 1.29 is 14.3 Å². The molecule has 0 saturated carbocycles. The molecule has 5 nitrogen and oxygen atoms in total. The number of methoxy groups -OCH3 is 2. The Hall–Kier alpha value is -3.57. The number of aromatic nitrogens is 1. The van der Waals surface area contributed by atoms with Crippen LogP contribution in [0.2, 0.25) is 5.02 Å². The average Bonchev–Trinajstić information content (AvgIpc) is 2.79. The van der Waals surface area contributed by atoms with Gasteiger partial charge in [0.05, 0.1) is 36.7 Å². The number of halogens is 1. The lowest BCUT2D eigenvalue weighted by atomic mass is 9.94. The van der Waals surface area contributed by atoms with Crippen LogP contribution in [-0.2, 0) is 0 Å². The van der Waals surface area contributed by atoms with E-state index < -0.39 is 0 Å². The SMILES string of the molecule is COc1ccc(NC(=O)c2c(C)c(-c3ccc(Cl)cc3)nc3c(C)cc(C)cc23)c(OC)c1. The fourth-order valence-corrected chi connectivity index (χ4v) is 4.21. The van der Waals surface area contributed by atoms with Gasteiger partial charge >= 0.3 is 0 Å². The van der Waals surface area contributed by atoms with Crippen molar-refractivity contribution in [3.8, 4) is 22.8 Å². The Morgan fingerprint density at radius 2 is 1.67 bits per heavy atom. The number of hydrogen-bond acceptors (Lipinski definition) is 4. The second-order valence-corrected chi connectivity index (χ2v) is 8.40. The van der Waals surface area contributed by atoms with Gasteiger partial charge < -0.3 is 14.8 Å². The van der Waals surface area contributed by atoms with Crippen LogP contribution in [-0.4, -0.2) is 25.1 Å². The molecule has 168 valence electrons. The van der Waals surface area contributed by atoms with Gasteiger partial charge in [-0.05, 0) is 62.2 Å². The van der Waals surface area contributed by atoms with E-state index in [2.05, 4.69) is 11.4 Å². The molecule has 0 atom stereocenters. The van der Waals surface area contributed by atoms with Crippen molar-refractivity contribution in [3.63, 3.8) is 0 Å². The van der Waals surface area contributed by atoms with Gasteiger partial charge in [0, 0.05) is 22.0 Å². The minimum absolute atomic E-state index is 0.233. The van der Waals surface area contributed by atoms with Crippen molar-refractivity contribution >= 4 is 34.1 Å². The maximum atomic E-state index is 13.7. The van der Waals surface area contributed by atoms with Gasteiger partial charge in [0.15, 0.2) is 0 Å². The first-order chi connectivity index (χ1) is 15.8. The van der Waals surface area contributed by atoms with E-state index in [-0.39, 0.29) is 5.91 Å². The van der Waals surface area contributed by atoms with Crippen LogP contribution in [0.5, 0.6) is 11.5 Å². The summed E-state index contributed by atoms with van der Waals surface area (Å²) >= 11 is 6.09. The second-order valence-electron chi connectivity index (χ2n) is 7.97. The molecule has 4 aromatic rings. The maximum Gasteiger partial charge on any atom is 0.256 e. The minimum atomic E-state index is -0.233. The summed E-state index contributed by atoms with van der Waals surface area (Å²) in [7, 11) is 3.14. The number of carbonyl (C=O) groups is 1. The van der Waals surface area contributed by atoms with Gasteiger partial charge in [-0.25, -0.2) is 4.98 Å². The highest BCUT2D eigenvalue weighted by molar-refractivity contribution is 6.30. The standard InChI is InChI=1S/C27H25ClN2O3/c1-15-12-16(2)25-21(13-15)24(17(3)26(30-25)18-6-8-19(28)9-7-18)27(31)29-22-11-10-20(32-4)14-23(22)33-5/h6-14H,1-5H3,(H,29,31). The highest BCUT2D eigenvalue weighted by atomic mass is 35.5. The van der Waals surface area contributed by atoms with E-state index in [1.54, 1.807) is 32.4 Å². The normalized spacial score (nSPS) is 10.8. The Morgan fingerprint density at radius 1 is 0.939 bits per heavy atom. The summed E-state index contributed by atoms with van der Waals surface area (Å²) < 4.78 is 10.7. The zero-order chi connectivity index (χ0) is 23.7. The number of hydrogen-bond donors (Lipinski definition) is 1. The highest BCUT2D eigenvalue weighted by Crippen LogP contribution is 2.34. The summed E-state index contributed by atoms with van der Waals surface area (Å²) in [6, 6.07) is 16.9. The summed E-state index contributed by atoms with van der Waals surface area (Å²) in [6.45, 7) is 5.95. The molecule has 33 heavy (non-hydrogen) atoms. The first-order valence-electron chi connectivity index (χ1n) is 10.5. The van der Waals surface area contributed by atoms with Crippen molar-refractivity contribution in [2.24, 2.45) is 0 Å². The molecule has 1 heterocycles. The first kappa shape index (κ1) is 22.6. The number of amides is 1. The summed E-state index contributed by atoms with van der Waals surface area (Å²) in [6.07, 6.45) is 0. The van der Waals surface area contributed by atoms with Gasteiger partial charge in [-0.2, -0.15) is 0 Å². The Bertz CT molecular complexity index is 1360. The third kappa shape index (κ3) is 4.37. The smallest absolute Gasteiger partial charge is 0.256 e. The maximum absolute atomic E-state index is 13.7. The summed E-state index contributed by atoms with van der Waals surface area (Å²) in [5.41, 5.74) is 6.45. The number of nitrogens with one attached hydrogen (secondary N) is 1.